The van der Waals surface area contributed by atoms with Gasteiger partial charge in [-0.1, -0.05) is 0 Å². The predicted molar refractivity (Wildman–Crippen MR) is 79.4 cm³/mol. The van der Waals surface area contributed by atoms with Crippen LogP contribution in [-0.4, -0.2) is 59.4 Å². The van der Waals surface area contributed by atoms with Gasteiger partial charge in [-0.05, 0) is 19.0 Å². The van der Waals surface area contributed by atoms with E-state index in [1.54, 1.807) is 6.07 Å². The molecule has 0 aromatic heterocycles. The molecule has 7 heteroatoms. The van der Waals surface area contributed by atoms with Crippen molar-refractivity contribution in [1.29, 1.82) is 0 Å². The van der Waals surface area contributed by atoms with Crippen molar-refractivity contribution in [1.82, 2.24) is 4.90 Å². The van der Waals surface area contributed by atoms with Gasteiger partial charge in [0.25, 0.3) is 5.69 Å². The summed E-state index contributed by atoms with van der Waals surface area (Å²) in [5.41, 5.74) is 1.44. The molecule has 1 heterocycles. The Morgan fingerprint density at radius 2 is 2.00 bits per heavy atom. The van der Waals surface area contributed by atoms with E-state index in [1.165, 1.54) is 12.1 Å². The van der Waals surface area contributed by atoms with Crippen molar-refractivity contribution in [3.63, 3.8) is 0 Å². The van der Waals surface area contributed by atoms with Gasteiger partial charge in [-0.3, -0.25) is 15.0 Å². The highest BCUT2D eigenvalue weighted by molar-refractivity contribution is 5.57. The topological polar surface area (TPSA) is 90.1 Å². The van der Waals surface area contributed by atoms with Gasteiger partial charge in [0.1, 0.15) is 0 Å². The molecule has 0 atom stereocenters. The van der Waals surface area contributed by atoms with Crippen LogP contribution >= 0.6 is 0 Å². The van der Waals surface area contributed by atoms with E-state index in [2.05, 4.69) is 9.80 Å². The molecule has 2 N–H and O–H groups in total. The fraction of sp³-hybridized carbons (Fsp3) is 0.571. The number of nitrogens with zero attached hydrogens (tertiary/aromatic N) is 3. The van der Waals surface area contributed by atoms with Crippen LogP contribution in [0.15, 0.2) is 18.2 Å². The van der Waals surface area contributed by atoms with Gasteiger partial charge < -0.3 is 15.1 Å². The number of β-amino-alcohol motifs (C(OH)–C–C–N with tert-alkyl or cyclic N) is 1. The van der Waals surface area contributed by atoms with Crippen LogP contribution in [0.5, 0.6) is 0 Å². The number of hydrogen-bond donors (Lipinski definition) is 2. The van der Waals surface area contributed by atoms with Gasteiger partial charge in [-0.15, -0.1) is 0 Å². The normalized spacial score (nSPS) is 16.8. The minimum Gasteiger partial charge on any atom is -0.395 e. The first kappa shape index (κ1) is 15.7. The highest BCUT2D eigenvalue weighted by Crippen LogP contribution is 2.26. The molecule has 0 radical (unpaired) electrons. The summed E-state index contributed by atoms with van der Waals surface area (Å²) < 4.78 is 0. The van der Waals surface area contributed by atoms with E-state index in [0.717, 1.165) is 38.3 Å². The first-order valence-electron chi connectivity index (χ1n) is 7.12. The minimum absolute atomic E-state index is 0.000436. The maximum Gasteiger partial charge on any atom is 0.269 e. The van der Waals surface area contributed by atoms with Gasteiger partial charge in [-0.2, -0.15) is 0 Å². The fourth-order valence-electron chi connectivity index (χ4n) is 2.70. The Morgan fingerprint density at radius 3 is 2.67 bits per heavy atom. The highest BCUT2D eigenvalue weighted by Gasteiger charge is 2.18. The van der Waals surface area contributed by atoms with Crippen molar-refractivity contribution < 1.29 is 15.1 Å². The van der Waals surface area contributed by atoms with Gasteiger partial charge >= 0.3 is 0 Å². The molecule has 0 bridgehead atoms. The Morgan fingerprint density at radius 1 is 1.19 bits per heavy atom. The molecule has 0 unspecified atom stereocenters. The summed E-state index contributed by atoms with van der Waals surface area (Å²) >= 11 is 0. The van der Waals surface area contributed by atoms with Crippen molar-refractivity contribution in [2.45, 2.75) is 13.0 Å². The van der Waals surface area contributed by atoms with Crippen LogP contribution in [0.25, 0.3) is 0 Å². The Balaban J connectivity index is 2.15. The second kappa shape index (κ2) is 7.35. The lowest BCUT2D eigenvalue weighted by molar-refractivity contribution is -0.384. The third-order valence-corrected chi connectivity index (χ3v) is 3.79. The molecule has 2 rings (SSSR count). The van der Waals surface area contributed by atoms with Crippen LogP contribution in [0.2, 0.25) is 0 Å². The molecule has 0 spiro atoms. The number of rotatable bonds is 5. The second-order valence-electron chi connectivity index (χ2n) is 5.13. The molecular weight excluding hydrogens is 274 g/mol. The predicted octanol–water partition coefficient (Wildman–Crippen LogP) is 0.591. The molecule has 1 aliphatic heterocycles. The minimum atomic E-state index is -0.450. The van der Waals surface area contributed by atoms with E-state index >= 15 is 0 Å². The van der Waals surface area contributed by atoms with E-state index in [-0.39, 0.29) is 18.9 Å². The molecule has 0 amide bonds. The lowest BCUT2D eigenvalue weighted by atomic mass is 10.1. The summed E-state index contributed by atoms with van der Waals surface area (Å²) in [6, 6.07) is 4.63. The Hall–Kier alpha value is -1.70. The zero-order valence-corrected chi connectivity index (χ0v) is 11.9. The summed E-state index contributed by atoms with van der Waals surface area (Å²) in [4.78, 5) is 14.7. The quantitative estimate of drug-likeness (QED) is 0.610. The van der Waals surface area contributed by atoms with Crippen molar-refractivity contribution in [2.24, 2.45) is 0 Å². The molecular formula is C14H21N3O4. The van der Waals surface area contributed by atoms with Gasteiger partial charge in [0.15, 0.2) is 0 Å². The number of hydrogen-bond acceptors (Lipinski definition) is 6. The first-order chi connectivity index (χ1) is 10.2. The highest BCUT2D eigenvalue weighted by atomic mass is 16.6. The number of anilines is 1. The van der Waals surface area contributed by atoms with E-state index in [9.17, 15) is 15.2 Å². The molecule has 21 heavy (non-hydrogen) atoms. The van der Waals surface area contributed by atoms with Crippen molar-refractivity contribution in [2.75, 3.05) is 44.2 Å². The average Bonchev–Trinajstić information content (AvgIpc) is 2.72. The third kappa shape index (κ3) is 3.90. The molecule has 0 aliphatic carbocycles. The van der Waals surface area contributed by atoms with E-state index in [4.69, 9.17) is 5.11 Å². The summed E-state index contributed by atoms with van der Waals surface area (Å²) in [5.74, 6) is 0. The third-order valence-electron chi connectivity index (χ3n) is 3.79. The summed E-state index contributed by atoms with van der Waals surface area (Å²) in [6.07, 6.45) is 0.960. The molecule has 1 aliphatic rings. The number of aliphatic hydroxyl groups excluding tert-OH is 2. The molecule has 0 saturated carbocycles. The molecule has 1 aromatic rings. The SMILES string of the molecule is O=[N+]([O-])c1ccc(N2CCCN(CCO)CC2)c(CO)c1. The summed E-state index contributed by atoms with van der Waals surface area (Å²) in [6.45, 7) is 3.99. The first-order valence-corrected chi connectivity index (χ1v) is 7.12. The Kier molecular flexibility index (Phi) is 5.49. The van der Waals surface area contributed by atoms with Gasteiger partial charge in [0.05, 0.1) is 18.1 Å². The zero-order valence-electron chi connectivity index (χ0n) is 11.9. The number of benzene rings is 1. The van der Waals surface area contributed by atoms with E-state index < -0.39 is 4.92 Å². The van der Waals surface area contributed by atoms with Crippen molar-refractivity contribution >= 4 is 11.4 Å². The smallest absolute Gasteiger partial charge is 0.269 e. The second-order valence-corrected chi connectivity index (χ2v) is 5.13. The number of nitro benzene ring substituents is 1. The van der Waals surface area contributed by atoms with Crippen molar-refractivity contribution in [3.05, 3.63) is 33.9 Å². The van der Waals surface area contributed by atoms with Gasteiger partial charge in [0, 0.05) is 49.6 Å². The fourth-order valence-corrected chi connectivity index (χ4v) is 2.70. The number of nitro groups is 1. The zero-order chi connectivity index (χ0) is 15.2. The molecule has 116 valence electrons. The summed E-state index contributed by atoms with van der Waals surface area (Å²) in [5, 5.41) is 29.3. The monoisotopic (exact) mass is 295 g/mol. The molecule has 1 fully saturated rings. The van der Waals surface area contributed by atoms with E-state index in [1.807, 2.05) is 0 Å². The van der Waals surface area contributed by atoms with Crippen molar-refractivity contribution in [3.8, 4) is 0 Å². The van der Waals surface area contributed by atoms with Crippen LogP contribution < -0.4 is 4.90 Å². The lowest BCUT2D eigenvalue weighted by Gasteiger charge is -2.25. The molecule has 1 saturated heterocycles. The number of non-ortho nitro benzene ring substituents is 1. The Bertz CT molecular complexity index is 495. The van der Waals surface area contributed by atoms with E-state index in [0.29, 0.717) is 12.1 Å². The standard InChI is InChI=1S/C14H21N3O4/c18-9-8-15-4-1-5-16(7-6-15)14-3-2-13(17(20)21)10-12(14)11-19/h2-3,10,18-19H,1,4-9,11H2. The maximum absolute atomic E-state index is 10.8. The molecule has 1 aromatic carbocycles. The summed E-state index contributed by atoms with van der Waals surface area (Å²) in [7, 11) is 0. The molecule has 7 nitrogen and oxygen atoms in total. The van der Waals surface area contributed by atoms with Gasteiger partial charge in [-0.25, -0.2) is 0 Å². The maximum atomic E-state index is 10.8. The lowest BCUT2D eigenvalue weighted by Crippen LogP contribution is -2.32. The largest absolute Gasteiger partial charge is 0.395 e. The Labute approximate surface area is 123 Å². The van der Waals surface area contributed by atoms with Crippen LogP contribution in [0.3, 0.4) is 0 Å². The van der Waals surface area contributed by atoms with Crippen LogP contribution in [0.1, 0.15) is 12.0 Å². The van der Waals surface area contributed by atoms with Crippen LogP contribution in [-0.2, 0) is 6.61 Å². The average molecular weight is 295 g/mol. The number of aliphatic hydroxyl groups is 2. The van der Waals surface area contributed by atoms with Crippen LogP contribution in [0.4, 0.5) is 11.4 Å². The van der Waals surface area contributed by atoms with Crippen LogP contribution in [0, 0.1) is 10.1 Å². The van der Waals surface area contributed by atoms with Gasteiger partial charge in [0.2, 0.25) is 0 Å².